The summed E-state index contributed by atoms with van der Waals surface area (Å²) < 4.78 is 10.5. The number of rotatable bonds is 4. The Balaban J connectivity index is 2.62. The smallest absolute Gasteiger partial charge is 0.338 e. The fourth-order valence-corrected chi connectivity index (χ4v) is 3.44. The summed E-state index contributed by atoms with van der Waals surface area (Å²) in [6.07, 6.45) is 0. The zero-order valence-corrected chi connectivity index (χ0v) is 13.8. The molecular weight excluding hydrogens is 324 g/mol. The van der Waals surface area contributed by atoms with Gasteiger partial charge in [-0.15, -0.1) is 22.9 Å². The van der Waals surface area contributed by atoms with Crippen LogP contribution in [0.2, 0.25) is 0 Å². The number of hydrogen-bond acceptors (Lipinski definition) is 6. The number of carbonyl (C=O) groups excluding carboxylic acids is 1. The van der Waals surface area contributed by atoms with Gasteiger partial charge < -0.3 is 15.2 Å². The van der Waals surface area contributed by atoms with Crippen molar-refractivity contribution in [3.63, 3.8) is 0 Å². The third kappa shape index (κ3) is 2.96. The molecule has 1 aromatic heterocycles. The third-order valence-corrected chi connectivity index (χ3v) is 4.47. The molecule has 0 aliphatic carbocycles. The maximum absolute atomic E-state index is 12.3. The van der Waals surface area contributed by atoms with E-state index >= 15 is 0 Å². The minimum atomic E-state index is -0.606. The van der Waals surface area contributed by atoms with Crippen LogP contribution in [0.3, 0.4) is 0 Å². The highest BCUT2D eigenvalue weighted by atomic mass is 35.5. The minimum Gasteiger partial charge on any atom is -0.463 e. The normalized spacial score (nSPS) is 18.0. The van der Waals surface area contributed by atoms with Crippen molar-refractivity contribution >= 4 is 28.9 Å². The van der Waals surface area contributed by atoms with E-state index in [1.165, 1.54) is 11.3 Å². The molecule has 0 aromatic carbocycles. The Bertz CT molecular complexity index is 700. The summed E-state index contributed by atoms with van der Waals surface area (Å²) in [5.74, 6) is -0.983. The summed E-state index contributed by atoms with van der Waals surface area (Å²) in [6, 6.07) is 5.82. The first-order chi connectivity index (χ1) is 10.5. The Morgan fingerprint density at radius 1 is 1.59 bits per heavy atom. The van der Waals surface area contributed by atoms with E-state index in [0.29, 0.717) is 0 Å². The van der Waals surface area contributed by atoms with Crippen molar-refractivity contribution in [2.75, 3.05) is 12.5 Å². The van der Waals surface area contributed by atoms with E-state index < -0.39 is 11.9 Å². The molecule has 0 fully saturated rings. The Labute approximate surface area is 137 Å². The first-order valence-electron chi connectivity index (χ1n) is 6.63. The van der Waals surface area contributed by atoms with Gasteiger partial charge in [0.1, 0.15) is 17.4 Å². The van der Waals surface area contributed by atoms with Crippen LogP contribution in [-0.4, -0.2) is 18.5 Å². The molecule has 2 heterocycles. The van der Waals surface area contributed by atoms with E-state index in [4.69, 9.17) is 26.8 Å². The van der Waals surface area contributed by atoms with Gasteiger partial charge >= 0.3 is 5.97 Å². The van der Waals surface area contributed by atoms with Gasteiger partial charge in [0, 0.05) is 9.75 Å². The van der Waals surface area contributed by atoms with Gasteiger partial charge in [-0.1, -0.05) is 0 Å². The summed E-state index contributed by atoms with van der Waals surface area (Å²) in [5, 5.41) is 9.42. The van der Waals surface area contributed by atoms with Crippen LogP contribution in [0.15, 0.2) is 34.9 Å². The molecule has 0 saturated carbocycles. The Morgan fingerprint density at radius 2 is 2.32 bits per heavy atom. The zero-order chi connectivity index (χ0) is 16.3. The number of alkyl halides is 1. The van der Waals surface area contributed by atoms with Crippen LogP contribution in [0.1, 0.15) is 22.6 Å². The van der Waals surface area contributed by atoms with Crippen molar-refractivity contribution in [1.82, 2.24) is 0 Å². The zero-order valence-electron chi connectivity index (χ0n) is 12.2. The molecule has 0 amide bonds. The molecule has 0 radical (unpaired) electrons. The van der Waals surface area contributed by atoms with Crippen LogP contribution in [0.5, 0.6) is 0 Å². The maximum Gasteiger partial charge on any atom is 0.338 e. The molecular formula is C15H15ClN2O3S. The number of carbonyl (C=O) groups is 1. The van der Waals surface area contributed by atoms with Crippen LogP contribution >= 0.6 is 22.9 Å². The van der Waals surface area contributed by atoms with Gasteiger partial charge in [0.2, 0.25) is 5.88 Å². The largest absolute Gasteiger partial charge is 0.463 e. The highest BCUT2D eigenvalue weighted by Gasteiger charge is 2.38. The monoisotopic (exact) mass is 338 g/mol. The van der Waals surface area contributed by atoms with Crippen molar-refractivity contribution in [2.24, 2.45) is 5.73 Å². The van der Waals surface area contributed by atoms with Crippen LogP contribution in [-0.2, 0) is 14.3 Å². The molecule has 5 nitrogen and oxygen atoms in total. The number of ether oxygens (including phenoxy) is 2. The summed E-state index contributed by atoms with van der Waals surface area (Å²) in [7, 11) is 0. The number of halogens is 1. The fourth-order valence-electron chi connectivity index (χ4n) is 2.24. The van der Waals surface area contributed by atoms with Gasteiger partial charge in [-0.3, -0.25) is 0 Å². The van der Waals surface area contributed by atoms with Gasteiger partial charge in [0.15, 0.2) is 0 Å². The highest BCUT2D eigenvalue weighted by molar-refractivity contribution is 7.12. The number of allylic oxidation sites excluding steroid dienone is 2. The number of hydrogen-bond donors (Lipinski definition) is 1. The Hall–Kier alpha value is -1.97. The van der Waals surface area contributed by atoms with E-state index in [9.17, 15) is 10.1 Å². The van der Waals surface area contributed by atoms with E-state index in [2.05, 4.69) is 0 Å². The second-order valence-electron chi connectivity index (χ2n) is 4.56. The Kier molecular flexibility index (Phi) is 5.11. The number of nitrogens with two attached hydrogens (primary N) is 1. The van der Waals surface area contributed by atoms with Crippen LogP contribution in [0.4, 0.5) is 0 Å². The van der Waals surface area contributed by atoms with Crippen molar-refractivity contribution < 1.29 is 14.3 Å². The maximum atomic E-state index is 12.3. The van der Waals surface area contributed by atoms with E-state index in [-0.39, 0.29) is 35.3 Å². The molecule has 1 atom stereocenters. The molecule has 2 N–H and O–H groups in total. The SMILES string of the molecule is CCOC(=O)C1=C(CCl)OC(N)=C(C#N)[C@H]1c1ccc(C)s1. The lowest BCUT2D eigenvalue weighted by molar-refractivity contribution is -0.139. The molecule has 1 aromatic rings. The van der Waals surface area contributed by atoms with Crippen molar-refractivity contribution in [3.8, 4) is 6.07 Å². The van der Waals surface area contributed by atoms with Gasteiger partial charge in [0.05, 0.1) is 24.0 Å². The highest BCUT2D eigenvalue weighted by Crippen LogP contribution is 2.42. The number of nitrogens with zero attached hydrogens (tertiary/aromatic N) is 1. The average molecular weight is 339 g/mol. The summed E-state index contributed by atoms with van der Waals surface area (Å²) in [4.78, 5) is 14.2. The first kappa shape index (κ1) is 16.4. The molecule has 7 heteroatoms. The number of aryl methyl sites for hydroxylation is 1. The summed E-state index contributed by atoms with van der Waals surface area (Å²) in [6.45, 7) is 3.88. The van der Waals surface area contributed by atoms with Crippen LogP contribution < -0.4 is 5.73 Å². The van der Waals surface area contributed by atoms with E-state index in [1.807, 2.05) is 25.1 Å². The second kappa shape index (κ2) is 6.86. The molecule has 2 rings (SSSR count). The van der Waals surface area contributed by atoms with Crippen molar-refractivity contribution in [1.29, 1.82) is 5.26 Å². The second-order valence-corrected chi connectivity index (χ2v) is 6.15. The molecule has 0 spiro atoms. The molecule has 22 heavy (non-hydrogen) atoms. The average Bonchev–Trinajstić information content (AvgIpc) is 2.92. The molecule has 0 bridgehead atoms. The molecule has 0 unspecified atom stereocenters. The topological polar surface area (TPSA) is 85.3 Å². The predicted molar refractivity (Wildman–Crippen MR) is 84.1 cm³/mol. The van der Waals surface area contributed by atoms with Gasteiger partial charge in [-0.05, 0) is 26.0 Å². The van der Waals surface area contributed by atoms with E-state index in [1.54, 1.807) is 6.92 Å². The summed E-state index contributed by atoms with van der Waals surface area (Å²) in [5.41, 5.74) is 6.25. The van der Waals surface area contributed by atoms with Crippen molar-refractivity contribution in [2.45, 2.75) is 19.8 Å². The fraction of sp³-hybridized carbons (Fsp3) is 0.333. The Morgan fingerprint density at radius 3 is 2.82 bits per heavy atom. The lowest BCUT2D eigenvalue weighted by atomic mass is 9.87. The molecule has 1 aliphatic rings. The quantitative estimate of drug-likeness (QED) is 0.674. The lowest BCUT2D eigenvalue weighted by Gasteiger charge is -2.26. The standard InChI is InChI=1S/C15H15ClN2O3S/c1-3-20-15(19)13-10(6-16)21-14(18)9(7-17)12(13)11-5-4-8(2)22-11/h4-5,12H,3,6,18H2,1-2H3/t12-/m0/s1. The lowest BCUT2D eigenvalue weighted by Crippen LogP contribution is -2.26. The molecule has 1 aliphatic heterocycles. The third-order valence-electron chi connectivity index (χ3n) is 3.16. The van der Waals surface area contributed by atoms with Gasteiger partial charge in [0.25, 0.3) is 0 Å². The predicted octanol–water partition coefficient (Wildman–Crippen LogP) is 2.92. The number of thiophene rings is 1. The molecule has 0 saturated heterocycles. The van der Waals surface area contributed by atoms with E-state index in [0.717, 1.165) is 9.75 Å². The number of esters is 1. The van der Waals surface area contributed by atoms with Gasteiger partial charge in [-0.2, -0.15) is 5.26 Å². The van der Waals surface area contributed by atoms with Gasteiger partial charge in [-0.25, -0.2) is 4.79 Å². The molecule has 116 valence electrons. The van der Waals surface area contributed by atoms with Crippen LogP contribution in [0, 0.1) is 18.3 Å². The number of nitriles is 1. The van der Waals surface area contributed by atoms with Crippen LogP contribution in [0.25, 0.3) is 0 Å². The van der Waals surface area contributed by atoms with Crippen molar-refractivity contribution in [3.05, 3.63) is 44.7 Å². The summed E-state index contributed by atoms with van der Waals surface area (Å²) >= 11 is 7.37. The first-order valence-corrected chi connectivity index (χ1v) is 7.98. The minimum absolute atomic E-state index is 0.0257.